The summed E-state index contributed by atoms with van der Waals surface area (Å²) in [5, 5.41) is 2.95. The van der Waals surface area contributed by atoms with Crippen molar-refractivity contribution in [1.82, 2.24) is 15.2 Å². The van der Waals surface area contributed by atoms with Gasteiger partial charge in [-0.15, -0.1) is 0 Å². The number of nitrogens with one attached hydrogen (secondary N) is 1. The van der Waals surface area contributed by atoms with Crippen molar-refractivity contribution in [3.8, 4) is 0 Å². The first kappa shape index (κ1) is 16.3. The molecule has 0 bridgehead atoms. The Kier molecular flexibility index (Phi) is 5.00. The van der Waals surface area contributed by atoms with Gasteiger partial charge in [0.15, 0.2) is 0 Å². The Bertz CT molecular complexity index is 525. The van der Waals surface area contributed by atoms with Crippen molar-refractivity contribution in [3.05, 3.63) is 30.1 Å². The van der Waals surface area contributed by atoms with Crippen LogP contribution in [0.15, 0.2) is 24.5 Å². The summed E-state index contributed by atoms with van der Waals surface area (Å²) in [6, 6.07) is 3.38. The van der Waals surface area contributed by atoms with Gasteiger partial charge < -0.3 is 15.0 Å². The molecule has 0 aromatic carbocycles. The van der Waals surface area contributed by atoms with Gasteiger partial charge in [0.2, 0.25) is 0 Å². The number of hydrogen-bond donors (Lipinski definition) is 1. The van der Waals surface area contributed by atoms with Crippen LogP contribution in [0.25, 0.3) is 0 Å². The number of carbonyl (C=O) groups excluding carboxylic acids is 2. The van der Waals surface area contributed by atoms with Gasteiger partial charge in [-0.25, -0.2) is 4.79 Å². The van der Waals surface area contributed by atoms with E-state index in [1.807, 2.05) is 20.8 Å². The molecule has 1 fully saturated rings. The largest absolute Gasteiger partial charge is 0.444 e. The molecule has 2 heterocycles. The Morgan fingerprint density at radius 3 is 2.82 bits per heavy atom. The number of carbonyl (C=O) groups is 2. The Morgan fingerprint density at radius 1 is 1.41 bits per heavy atom. The minimum absolute atomic E-state index is 0.0611. The zero-order valence-corrected chi connectivity index (χ0v) is 13.3. The topological polar surface area (TPSA) is 71.5 Å². The second-order valence-corrected chi connectivity index (χ2v) is 6.48. The second kappa shape index (κ2) is 6.77. The van der Waals surface area contributed by atoms with E-state index in [-0.39, 0.29) is 18.0 Å². The molecule has 0 aliphatic carbocycles. The van der Waals surface area contributed by atoms with Crippen LogP contribution in [-0.2, 0) is 4.74 Å². The van der Waals surface area contributed by atoms with Crippen LogP contribution >= 0.6 is 0 Å². The van der Waals surface area contributed by atoms with E-state index >= 15 is 0 Å². The average molecular weight is 305 g/mol. The molecule has 1 N–H and O–H groups in total. The lowest BCUT2D eigenvalue weighted by molar-refractivity contribution is 0.0185. The zero-order valence-electron chi connectivity index (χ0n) is 13.3. The van der Waals surface area contributed by atoms with Crippen molar-refractivity contribution in [1.29, 1.82) is 0 Å². The lowest BCUT2D eigenvalue weighted by Crippen LogP contribution is -2.50. The van der Waals surface area contributed by atoms with Crippen molar-refractivity contribution in [2.75, 3.05) is 13.1 Å². The molecule has 1 aliphatic heterocycles. The number of nitrogens with zero attached hydrogens (tertiary/aromatic N) is 2. The number of pyridine rings is 1. The molecule has 22 heavy (non-hydrogen) atoms. The van der Waals surface area contributed by atoms with Crippen molar-refractivity contribution < 1.29 is 14.3 Å². The van der Waals surface area contributed by atoms with E-state index in [4.69, 9.17) is 4.74 Å². The first-order chi connectivity index (χ1) is 10.3. The molecule has 1 aromatic heterocycles. The van der Waals surface area contributed by atoms with Crippen molar-refractivity contribution in [2.24, 2.45) is 0 Å². The van der Waals surface area contributed by atoms with E-state index in [2.05, 4.69) is 10.3 Å². The molecule has 2 amide bonds. The number of hydrogen-bond acceptors (Lipinski definition) is 4. The molecule has 1 saturated heterocycles. The maximum Gasteiger partial charge on any atom is 0.410 e. The van der Waals surface area contributed by atoms with Gasteiger partial charge in [0.05, 0.1) is 5.56 Å². The molecule has 0 spiro atoms. The third-order valence-electron chi connectivity index (χ3n) is 3.33. The van der Waals surface area contributed by atoms with E-state index in [0.717, 1.165) is 12.8 Å². The van der Waals surface area contributed by atoms with Crippen LogP contribution in [0.2, 0.25) is 0 Å². The maximum atomic E-state index is 12.1. The monoisotopic (exact) mass is 305 g/mol. The van der Waals surface area contributed by atoms with E-state index in [9.17, 15) is 9.59 Å². The number of ether oxygens (including phenoxy) is 1. The smallest absolute Gasteiger partial charge is 0.410 e. The van der Waals surface area contributed by atoms with Gasteiger partial charge in [-0.1, -0.05) is 0 Å². The van der Waals surface area contributed by atoms with Crippen LogP contribution in [0.5, 0.6) is 0 Å². The Labute approximate surface area is 130 Å². The van der Waals surface area contributed by atoms with Crippen LogP contribution in [0, 0.1) is 0 Å². The van der Waals surface area contributed by atoms with Crippen molar-refractivity contribution in [3.63, 3.8) is 0 Å². The first-order valence-electron chi connectivity index (χ1n) is 7.54. The third-order valence-corrected chi connectivity index (χ3v) is 3.33. The molecule has 120 valence electrons. The number of piperidine rings is 1. The maximum absolute atomic E-state index is 12.1. The van der Waals surface area contributed by atoms with Gasteiger partial charge in [0.1, 0.15) is 5.60 Å². The standard InChI is InChI=1S/C16H23N3O3/c1-16(2,3)22-15(21)19-9-5-7-13(11-19)18-14(20)12-6-4-8-17-10-12/h4,6,8,10,13H,5,7,9,11H2,1-3H3,(H,18,20)/t13-/m0/s1. The number of aromatic nitrogens is 1. The minimum atomic E-state index is -0.511. The molecule has 1 atom stereocenters. The molecular weight excluding hydrogens is 282 g/mol. The zero-order chi connectivity index (χ0) is 16.2. The quantitative estimate of drug-likeness (QED) is 0.909. The SMILES string of the molecule is CC(C)(C)OC(=O)N1CCC[C@H](NC(=O)c2cccnc2)C1. The molecule has 1 aromatic rings. The van der Waals surface area contributed by atoms with Crippen molar-refractivity contribution in [2.45, 2.75) is 45.3 Å². The Morgan fingerprint density at radius 2 is 2.18 bits per heavy atom. The lowest BCUT2D eigenvalue weighted by atomic mass is 10.1. The Balaban J connectivity index is 1.91. The van der Waals surface area contributed by atoms with E-state index in [0.29, 0.717) is 18.7 Å². The average Bonchev–Trinajstić information content (AvgIpc) is 2.46. The van der Waals surface area contributed by atoms with Crippen molar-refractivity contribution >= 4 is 12.0 Å². The summed E-state index contributed by atoms with van der Waals surface area (Å²) >= 11 is 0. The number of rotatable bonds is 2. The lowest BCUT2D eigenvalue weighted by Gasteiger charge is -2.34. The summed E-state index contributed by atoms with van der Waals surface area (Å²) < 4.78 is 5.38. The van der Waals surface area contributed by atoms with E-state index < -0.39 is 5.60 Å². The van der Waals surface area contributed by atoms with Gasteiger partial charge in [-0.05, 0) is 45.7 Å². The predicted molar refractivity (Wildman–Crippen MR) is 82.5 cm³/mol. The highest BCUT2D eigenvalue weighted by Crippen LogP contribution is 2.15. The molecule has 1 aliphatic rings. The first-order valence-corrected chi connectivity index (χ1v) is 7.54. The summed E-state index contributed by atoms with van der Waals surface area (Å²) in [5.74, 6) is -0.163. The molecule has 6 nitrogen and oxygen atoms in total. The van der Waals surface area contributed by atoms with Crippen LogP contribution in [0.1, 0.15) is 44.0 Å². The van der Waals surface area contributed by atoms with Crippen LogP contribution in [0.3, 0.4) is 0 Å². The molecule has 0 unspecified atom stereocenters. The summed E-state index contributed by atoms with van der Waals surface area (Å²) in [5.41, 5.74) is 0.0140. The predicted octanol–water partition coefficient (Wildman–Crippen LogP) is 2.21. The molecule has 2 rings (SSSR count). The second-order valence-electron chi connectivity index (χ2n) is 6.48. The fourth-order valence-electron chi connectivity index (χ4n) is 2.35. The molecule has 6 heteroatoms. The normalized spacial score (nSPS) is 18.7. The number of amides is 2. The summed E-state index contributed by atoms with van der Waals surface area (Å²) in [7, 11) is 0. The van der Waals surface area contributed by atoms with Gasteiger partial charge in [-0.3, -0.25) is 9.78 Å². The van der Waals surface area contributed by atoms with E-state index in [1.54, 1.807) is 23.2 Å². The number of likely N-dealkylation sites (tertiary alicyclic amines) is 1. The highest BCUT2D eigenvalue weighted by Gasteiger charge is 2.28. The van der Waals surface area contributed by atoms with Gasteiger partial charge in [-0.2, -0.15) is 0 Å². The van der Waals surface area contributed by atoms with Gasteiger partial charge in [0, 0.05) is 31.5 Å². The van der Waals surface area contributed by atoms with Crippen LogP contribution in [0.4, 0.5) is 4.79 Å². The van der Waals surface area contributed by atoms with Crippen LogP contribution in [-0.4, -0.2) is 46.6 Å². The van der Waals surface area contributed by atoms with Gasteiger partial charge >= 0.3 is 6.09 Å². The molecular formula is C16H23N3O3. The third kappa shape index (κ3) is 4.72. The summed E-state index contributed by atoms with van der Waals surface area (Å²) in [4.78, 5) is 29.8. The summed E-state index contributed by atoms with van der Waals surface area (Å²) in [6.07, 6.45) is 4.53. The minimum Gasteiger partial charge on any atom is -0.444 e. The fraction of sp³-hybridized carbons (Fsp3) is 0.562. The van der Waals surface area contributed by atoms with Crippen LogP contribution < -0.4 is 5.32 Å². The highest BCUT2D eigenvalue weighted by atomic mass is 16.6. The highest BCUT2D eigenvalue weighted by molar-refractivity contribution is 5.94. The summed E-state index contributed by atoms with van der Waals surface area (Å²) in [6.45, 7) is 6.67. The molecule has 0 saturated carbocycles. The fourth-order valence-corrected chi connectivity index (χ4v) is 2.35. The Hall–Kier alpha value is -2.11. The van der Waals surface area contributed by atoms with Gasteiger partial charge in [0.25, 0.3) is 5.91 Å². The van der Waals surface area contributed by atoms with E-state index in [1.165, 1.54) is 6.20 Å². The molecule has 0 radical (unpaired) electrons.